The number of rotatable bonds is 4. The first kappa shape index (κ1) is 17.2. The van der Waals surface area contributed by atoms with Crippen LogP contribution in [0.15, 0.2) is 24.3 Å². The van der Waals surface area contributed by atoms with Gasteiger partial charge in [-0.05, 0) is 24.0 Å². The van der Waals surface area contributed by atoms with Gasteiger partial charge in [0.05, 0.1) is 6.61 Å². The van der Waals surface area contributed by atoms with E-state index in [2.05, 4.69) is 0 Å². The lowest BCUT2D eigenvalue weighted by molar-refractivity contribution is -0.0979. The van der Waals surface area contributed by atoms with Crippen LogP contribution < -0.4 is 0 Å². The van der Waals surface area contributed by atoms with E-state index in [0.717, 1.165) is 5.56 Å². The molecule has 0 aromatic heterocycles. The van der Waals surface area contributed by atoms with Gasteiger partial charge in [-0.15, -0.1) is 0 Å². The second-order valence-electron chi connectivity index (χ2n) is 4.75. The molecular weight excluding hydrogens is 242 g/mol. The maximum atomic E-state index is 11.7. The Morgan fingerprint density at radius 3 is 2.42 bits per heavy atom. The minimum Gasteiger partial charge on any atom is -0.449 e. The topological polar surface area (TPSA) is 46.6 Å². The van der Waals surface area contributed by atoms with Crippen LogP contribution in [0, 0.1) is 12.8 Å². The van der Waals surface area contributed by atoms with Crippen molar-refractivity contribution >= 4 is 12.9 Å². The molecule has 0 atom stereocenters. The zero-order valence-electron chi connectivity index (χ0n) is 12.2. The second-order valence-corrected chi connectivity index (χ2v) is 4.75. The van der Waals surface area contributed by atoms with Crippen LogP contribution in [-0.4, -0.2) is 31.4 Å². The molecule has 0 aliphatic carbocycles. The summed E-state index contributed by atoms with van der Waals surface area (Å²) in [5.41, 5.74) is 2.34. The fourth-order valence-electron chi connectivity index (χ4n) is 1.46. The van der Waals surface area contributed by atoms with Crippen molar-refractivity contribution in [3.05, 3.63) is 35.4 Å². The molecule has 1 amide bonds. The summed E-state index contributed by atoms with van der Waals surface area (Å²) >= 11 is 0. The molecule has 0 aliphatic heterocycles. The third-order valence-electron chi connectivity index (χ3n) is 2.52. The standard InChI is InChI=1S/C14H21NO2.CH2O/c1-11(2)10-17-14(16)15(4)9-13-8-6-5-7-12(13)3;1-2/h5-8,11H,9-10H2,1-4H3;1H2. The van der Waals surface area contributed by atoms with Crippen LogP contribution in [0.5, 0.6) is 0 Å². The van der Waals surface area contributed by atoms with Crippen LogP contribution in [0.4, 0.5) is 4.79 Å². The summed E-state index contributed by atoms with van der Waals surface area (Å²) < 4.78 is 5.16. The van der Waals surface area contributed by atoms with Gasteiger partial charge < -0.3 is 14.4 Å². The van der Waals surface area contributed by atoms with Gasteiger partial charge >= 0.3 is 6.09 Å². The number of carbonyl (C=O) groups excluding carboxylic acids is 2. The van der Waals surface area contributed by atoms with E-state index in [0.29, 0.717) is 19.1 Å². The minimum atomic E-state index is -0.262. The number of hydrogen-bond acceptors (Lipinski definition) is 3. The Morgan fingerprint density at radius 2 is 1.89 bits per heavy atom. The lowest BCUT2D eigenvalue weighted by Gasteiger charge is -2.18. The van der Waals surface area contributed by atoms with Gasteiger partial charge in [-0.3, -0.25) is 0 Å². The minimum absolute atomic E-state index is 0.262. The van der Waals surface area contributed by atoms with Crippen LogP contribution in [0.25, 0.3) is 0 Å². The van der Waals surface area contributed by atoms with Crippen LogP contribution in [0.1, 0.15) is 25.0 Å². The van der Waals surface area contributed by atoms with E-state index in [9.17, 15) is 4.79 Å². The van der Waals surface area contributed by atoms with E-state index < -0.39 is 0 Å². The van der Waals surface area contributed by atoms with E-state index in [4.69, 9.17) is 9.53 Å². The quantitative estimate of drug-likeness (QED) is 0.840. The van der Waals surface area contributed by atoms with Crippen LogP contribution in [-0.2, 0) is 16.1 Å². The molecule has 4 heteroatoms. The molecule has 0 heterocycles. The molecule has 0 bridgehead atoms. The number of aryl methyl sites for hydroxylation is 1. The van der Waals surface area contributed by atoms with Crippen molar-refractivity contribution in [3.8, 4) is 0 Å². The smallest absolute Gasteiger partial charge is 0.409 e. The average molecular weight is 265 g/mol. The van der Waals surface area contributed by atoms with Crippen molar-refractivity contribution in [2.75, 3.05) is 13.7 Å². The monoisotopic (exact) mass is 265 g/mol. The summed E-state index contributed by atoms with van der Waals surface area (Å²) in [6.07, 6.45) is -0.262. The highest BCUT2D eigenvalue weighted by Crippen LogP contribution is 2.10. The van der Waals surface area contributed by atoms with E-state index >= 15 is 0 Å². The predicted molar refractivity (Wildman–Crippen MR) is 76.0 cm³/mol. The van der Waals surface area contributed by atoms with Crippen molar-refractivity contribution in [2.24, 2.45) is 5.92 Å². The van der Waals surface area contributed by atoms with E-state index in [1.54, 1.807) is 11.9 Å². The molecule has 0 saturated carbocycles. The first-order chi connectivity index (χ1) is 9.00. The highest BCUT2D eigenvalue weighted by atomic mass is 16.6. The Labute approximate surface area is 115 Å². The van der Waals surface area contributed by atoms with Crippen LogP contribution >= 0.6 is 0 Å². The molecule has 0 radical (unpaired) electrons. The van der Waals surface area contributed by atoms with Gasteiger partial charge in [0, 0.05) is 13.6 Å². The molecular formula is C15H23NO3. The molecule has 0 aliphatic rings. The summed E-state index contributed by atoms with van der Waals surface area (Å²) in [5.74, 6) is 0.366. The summed E-state index contributed by atoms with van der Waals surface area (Å²) in [5, 5.41) is 0. The number of hydrogen-bond donors (Lipinski definition) is 0. The number of benzene rings is 1. The summed E-state index contributed by atoms with van der Waals surface area (Å²) in [4.78, 5) is 21.3. The highest BCUT2D eigenvalue weighted by molar-refractivity contribution is 5.67. The molecule has 19 heavy (non-hydrogen) atoms. The van der Waals surface area contributed by atoms with Crippen molar-refractivity contribution in [3.63, 3.8) is 0 Å². The summed E-state index contributed by atoms with van der Waals surface area (Å²) in [6.45, 7) is 9.15. The number of amides is 1. The zero-order valence-corrected chi connectivity index (χ0v) is 12.2. The third kappa shape index (κ3) is 6.60. The molecule has 4 nitrogen and oxygen atoms in total. The first-order valence-electron chi connectivity index (χ1n) is 6.22. The number of ether oxygens (including phenoxy) is 1. The van der Waals surface area contributed by atoms with Crippen molar-refractivity contribution in [2.45, 2.75) is 27.3 Å². The van der Waals surface area contributed by atoms with Gasteiger partial charge in [0.15, 0.2) is 0 Å². The second kappa shape index (κ2) is 9.14. The molecule has 0 fully saturated rings. The van der Waals surface area contributed by atoms with Crippen LogP contribution in [0.3, 0.4) is 0 Å². The van der Waals surface area contributed by atoms with Crippen molar-refractivity contribution in [1.82, 2.24) is 4.90 Å². The maximum Gasteiger partial charge on any atom is 0.409 e. The molecule has 0 N–H and O–H groups in total. The zero-order chi connectivity index (χ0) is 14.8. The van der Waals surface area contributed by atoms with Gasteiger partial charge in [0.1, 0.15) is 6.79 Å². The summed E-state index contributed by atoms with van der Waals surface area (Å²) in [6, 6.07) is 8.05. The van der Waals surface area contributed by atoms with Gasteiger partial charge in [0.2, 0.25) is 0 Å². The van der Waals surface area contributed by atoms with E-state index in [-0.39, 0.29) is 6.09 Å². The Hall–Kier alpha value is -1.84. The lowest BCUT2D eigenvalue weighted by atomic mass is 10.1. The Bertz CT molecular complexity index is 391. The molecule has 0 spiro atoms. The number of carbonyl (C=O) groups is 2. The molecule has 1 aromatic rings. The normalized spacial score (nSPS) is 9.53. The first-order valence-corrected chi connectivity index (χ1v) is 6.22. The van der Waals surface area contributed by atoms with Crippen molar-refractivity contribution in [1.29, 1.82) is 0 Å². The van der Waals surface area contributed by atoms with Crippen LogP contribution in [0.2, 0.25) is 0 Å². The summed E-state index contributed by atoms with van der Waals surface area (Å²) in [7, 11) is 1.76. The Kier molecular flexibility index (Phi) is 8.25. The molecule has 106 valence electrons. The van der Waals surface area contributed by atoms with Gasteiger partial charge in [-0.1, -0.05) is 38.1 Å². The maximum absolute atomic E-state index is 11.7. The number of nitrogens with zero attached hydrogens (tertiary/aromatic N) is 1. The SMILES string of the molecule is C=O.Cc1ccccc1CN(C)C(=O)OCC(C)C. The molecule has 1 rings (SSSR count). The lowest BCUT2D eigenvalue weighted by Crippen LogP contribution is -2.28. The van der Waals surface area contributed by atoms with Gasteiger partial charge in [-0.25, -0.2) is 4.79 Å². The van der Waals surface area contributed by atoms with Gasteiger partial charge in [0.25, 0.3) is 0 Å². The molecule has 0 unspecified atom stereocenters. The highest BCUT2D eigenvalue weighted by Gasteiger charge is 2.11. The predicted octanol–water partition coefficient (Wildman–Crippen LogP) is 3.03. The van der Waals surface area contributed by atoms with Gasteiger partial charge in [-0.2, -0.15) is 0 Å². The third-order valence-corrected chi connectivity index (χ3v) is 2.52. The fraction of sp³-hybridized carbons (Fsp3) is 0.467. The molecule has 0 saturated heterocycles. The largest absolute Gasteiger partial charge is 0.449 e. The Morgan fingerprint density at radius 1 is 1.32 bits per heavy atom. The van der Waals surface area contributed by atoms with E-state index in [1.165, 1.54) is 5.56 Å². The molecule has 1 aromatic carbocycles. The van der Waals surface area contributed by atoms with E-state index in [1.807, 2.05) is 51.8 Å². The van der Waals surface area contributed by atoms with Crippen molar-refractivity contribution < 1.29 is 14.3 Å². The average Bonchev–Trinajstić information content (AvgIpc) is 2.40. The fourth-order valence-corrected chi connectivity index (χ4v) is 1.46. The Balaban J connectivity index is 0.00000154.